The lowest BCUT2D eigenvalue weighted by molar-refractivity contribution is -0.387. The molecule has 0 aliphatic heterocycles. The molecule has 0 heterocycles. The van der Waals surface area contributed by atoms with Crippen molar-refractivity contribution in [1.29, 1.82) is 0 Å². The maximum atomic E-state index is 11.1. The first-order valence-electron chi connectivity index (χ1n) is 6.05. The minimum Gasteiger partial charge on any atom is -0.409 e. The quantitative estimate of drug-likeness (QED) is 0.221. The Bertz CT molecular complexity index is 674. The van der Waals surface area contributed by atoms with Crippen molar-refractivity contribution >= 4 is 23.3 Å². The van der Waals surface area contributed by atoms with E-state index in [1.807, 2.05) is 30.3 Å². The maximum Gasteiger partial charge on any atom is 0.283 e. The van der Waals surface area contributed by atoms with Crippen molar-refractivity contribution in [3.8, 4) is 0 Å². The highest BCUT2D eigenvalue weighted by Gasteiger charge is 2.16. The smallest absolute Gasteiger partial charge is 0.283 e. The van der Waals surface area contributed by atoms with Gasteiger partial charge < -0.3 is 10.9 Å². The third-order valence-corrected chi connectivity index (χ3v) is 3.93. The molecule has 0 bridgehead atoms. The topological polar surface area (TPSA) is 102 Å². The number of amidine groups is 1. The molecule has 2 aromatic carbocycles. The van der Waals surface area contributed by atoms with Crippen LogP contribution in [0.4, 0.5) is 5.69 Å². The highest BCUT2D eigenvalue weighted by atomic mass is 32.2. The summed E-state index contributed by atoms with van der Waals surface area (Å²) in [7, 11) is 0. The lowest BCUT2D eigenvalue weighted by Crippen LogP contribution is -2.13. The number of hydrogen-bond donors (Lipinski definition) is 2. The summed E-state index contributed by atoms with van der Waals surface area (Å²) in [5.74, 6) is 0.475. The van der Waals surface area contributed by atoms with E-state index in [9.17, 15) is 10.1 Å². The molecule has 6 nitrogen and oxygen atoms in total. The number of thioether (sulfide) groups is 1. The lowest BCUT2D eigenvalue weighted by Gasteiger charge is -2.05. The van der Waals surface area contributed by atoms with Crippen molar-refractivity contribution in [3.63, 3.8) is 0 Å². The molecule has 3 N–H and O–H groups in total. The third kappa shape index (κ3) is 3.73. The fraction of sp³-hybridized carbons (Fsp3) is 0.0714. The number of rotatable bonds is 5. The molecule has 0 saturated carbocycles. The molecule has 0 spiro atoms. The summed E-state index contributed by atoms with van der Waals surface area (Å²) in [6.07, 6.45) is 0. The van der Waals surface area contributed by atoms with E-state index >= 15 is 0 Å². The van der Waals surface area contributed by atoms with Crippen LogP contribution >= 0.6 is 11.8 Å². The zero-order chi connectivity index (χ0) is 15.2. The van der Waals surface area contributed by atoms with Crippen LogP contribution in [0.3, 0.4) is 0 Å². The second kappa shape index (κ2) is 6.76. The van der Waals surface area contributed by atoms with Crippen LogP contribution in [0.15, 0.2) is 58.6 Å². The van der Waals surface area contributed by atoms with E-state index in [0.717, 1.165) is 5.56 Å². The molecule has 2 rings (SSSR count). The van der Waals surface area contributed by atoms with Crippen molar-refractivity contribution in [2.45, 2.75) is 10.6 Å². The minimum atomic E-state index is -0.471. The van der Waals surface area contributed by atoms with Gasteiger partial charge in [-0.25, -0.2) is 0 Å². The van der Waals surface area contributed by atoms with Gasteiger partial charge in [0.2, 0.25) is 0 Å². The van der Waals surface area contributed by atoms with E-state index in [2.05, 4.69) is 5.16 Å². The summed E-state index contributed by atoms with van der Waals surface area (Å²) in [4.78, 5) is 11.2. The van der Waals surface area contributed by atoms with Crippen LogP contribution in [0.1, 0.15) is 11.1 Å². The predicted octanol–water partition coefficient (Wildman–Crippen LogP) is 2.98. The molecular formula is C14H13N3O3S. The summed E-state index contributed by atoms with van der Waals surface area (Å²) in [6.45, 7) is 0. The zero-order valence-corrected chi connectivity index (χ0v) is 11.8. The number of benzene rings is 2. The van der Waals surface area contributed by atoms with Crippen molar-refractivity contribution in [2.75, 3.05) is 0 Å². The molecule has 0 aromatic heterocycles. The van der Waals surface area contributed by atoms with E-state index in [-0.39, 0.29) is 11.5 Å². The number of nitrogens with zero attached hydrogens (tertiary/aromatic N) is 2. The van der Waals surface area contributed by atoms with E-state index in [1.54, 1.807) is 12.1 Å². The Kier molecular flexibility index (Phi) is 4.78. The van der Waals surface area contributed by atoms with Gasteiger partial charge in [-0.15, -0.1) is 11.8 Å². The van der Waals surface area contributed by atoms with Gasteiger partial charge in [0, 0.05) is 17.4 Å². The summed E-state index contributed by atoms with van der Waals surface area (Å²) in [5.41, 5.74) is 6.79. The van der Waals surface area contributed by atoms with Crippen LogP contribution in [0.2, 0.25) is 0 Å². The molecule has 7 heteroatoms. The minimum absolute atomic E-state index is 0.0555. The van der Waals surface area contributed by atoms with Gasteiger partial charge >= 0.3 is 0 Å². The van der Waals surface area contributed by atoms with E-state index in [4.69, 9.17) is 10.9 Å². The molecule has 0 amide bonds. The third-order valence-electron chi connectivity index (χ3n) is 2.80. The molecular weight excluding hydrogens is 290 g/mol. The number of oxime groups is 1. The molecule has 0 fully saturated rings. The van der Waals surface area contributed by atoms with Crippen molar-refractivity contribution in [2.24, 2.45) is 10.9 Å². The number of hydrogen-bond acceptors (Lipinski definition) is 5. The predicted molar refractivity (Wildman–Crippen MR) is 81.6 cm³/mol. The number of nitro groups is 1. The molecule has 0 radical (unpaired) electrons. The molecule has 0 aliphatic carbocycles. The van der Waals surface area contributed by atoms with Gasteiger partial charge in [0.05, 0.1) is 9.82 Å². The van der Waals surface area contributed by atoms with Crippen LogP contribution in [0.25, 0.3) is 0 Å². The molecule has 0 aliphatic rings. The Morgan fingerprint density at radius 3 is 2.62 bits per heavy atom. The lowest BCUT2D eigenvalue weighted by atomic mass is 10.2. The van der Waals surface area contributed by atoms with Gasteiger partial charge in [-0.2, -0.15) is 0 Å². The van der Waals surface area contributed by atoms with Gasteiger partial charge in [-0.05, 0) is 17.7 Å². The maximum absolute atomic E-state index is 11.1. The Hall–Kier alpha value is -2.54. The Balaban J connectivity index is 2.25. The molecule has 0 atom stereocenters. The van der Waals surface area contributed by atoms with Crippen LogP contribution in [-0.2, 0) is 5.75 Å². The van der Waals surface area contributed by atoms with Gasteiger partial charge in [0.15, 0.2) is 5.84 Å². The van der Waals surface area contributed by atoms with Crippen LogP contribution in [-0.4, -0.2) is 16.0 Å². The first kappa shape index (κ1) is 14.9. The Morgan fingerprint density at radius 2 is 2.00 bits per heavy atom. The van der Waals surface area contributed by atoms with Gasteiger partial charge in [0.1, 0.15) is 0 Å². The normalized spacial score (nSPS) is 11.3. The highest BCUT2D eigenvalue weighted by Crippen LogP contribution is 2.32. The Morgan fingerprint density at radius 1 is 1.29 bits per heavy atom. The average Bonchev–Trinajstić information content (AvgIpc) is 2.52. The average molecular weight is 303 g/mol. The highest BCUT2D eigenvalue weighted by molar-refractivity contribution is 7.98. The summed E-state index contributed by atoms with van der Waals surface area (Å²) < 4.78 is 0. The van der Waals surface area contributed by atoms with Crippen molar-refractivity contribution in [1.82, 2.24) is 0 Å². The van der Waals surface area contributed by atoms with Crippen LogP contribution in [0.5, 0.6) is 0 Å². The fourth-order valence-corrected chi connectivity index (χ4v) is 2.69. The molecule has 0 saturated heterocycles. The number of nitro benzene ring substituents is 1. The first-order valence-corrected chi connectivity index (χ1v) is 7.03. The zero-order valence-electron chi connectivity index (χ0n) is 11.0. The Labute approximate surface area is 125 Å². The van der Waals surface area contributed by atoms with Gasteiger partial charge in [-0.1, -0.05) is 35.5 Å². The molecule has 2 aromatic rings. The monoisotopic (exact) mass is 303 g/mol. The first-order chi connectivity index (χ1) is 10.1. The summed E-state index contributed by atoms with van der Waals surface area (Å²) in [6, 6.07) is 14.2. The van der Waals surface area contributed by atoms with Crippen molar-refractivity contribution in [3.05, 3.63) is 69.8 Å². The van der Waals surface area contributed by atoms with Crippen LogP contribution in [0, 0.1) is 10.1 Å². The molecule has 21 heavy (non-hydrogen) atoms. The second-order valence-electron chi connectivity index (χ2n) is 4.20. The summed E-state index contributed by atoms with van der Waals surface area (Å²) in [5, 5.41) is 22.6. The second-order valence-corrected chi connectivity index (χ2v) is 5.22. The summed E-state index contributed by atoms with van der Waals surface area (Å²) >= 11 is 1.37. The standard InChI is InChI=1S/C14H13N3O3S/c15-14(16-18)11-6-7-13(12(8-11)17(19)20)21-9-10-4-2-1-3-5-10/h1-8,18H,9H2,(H2,15,16). The van der Waals surface area contributed by atoms with E-state index in [1.165, 1.54) is 17.8 Å². The fourth-order valence-electron chi connectivity index (χ4n) is 1.73. The largest absolute Gasteiger partial charge is 0.409 e. The molecule has 108 valence electrons. The van der Waals surface area contributed by atoms with Crippen molar-refractivity contribution < 1.29 is 10.1 Å². The van der Waals surface area contributed by atoms with E-state index < -0.39 is 4.92 Å². The van der Waals surface area contributed by atoms with E-state index in [0.29, 0.717) is 16.2 Å². The number of nitrogens with two attached hydrogens (primary N) is 1. The van der Waals surface area contributed by atoms with Gasteiger partial charge in [0.25, 0.3) is 5.69 Å². The van der Waals surface area contributed by atoms with Crippen LogP contribution < -0.4 is 5.73 Å². The molecule has 0 unspecified atom stereocenters. The van der Waals surface area contributed by atoms with Gasteiger partial charge in [-0.3, -0.25) is 10.1 Å². The SMILES string of the molecule is NC(=NO)c1ccc(SCc2ccccc2)c([N+](=O)[O-])c1.